The Morgan fingerprint density at radius 3 is 2.50 bits per heavy atom. The molecule has 0 spiro atoms. The van der Waals surface area contributed by atoms with Gasteiger partial charge in [0.05, 0.1) is 5.92 Å². The molecule has 1 aliphatic rings. The predicted octanol–water partition coefficient (Wildman–Crippen LogP) is 2.50. The number of imidazole rings is 1. The Balaban J connectivity index is 1.42. The minimum Gasteiger partial charge on any atom is -0.353 e. The third-order valence-corrected chi connectivity index (χ3v) is 5.23. The fraction of sp³-hybridized carbons (Fsp3) is 0.333. The van der Waals surface area contributed by atoms with Crippen LogP contribution >= 0.6 is 0 Å². The first kappa shape index (κ1) is 18.2. The average Bonchev–Trinajstić information content (AvgIpc) is 3.30. The molecule has 1 aliphatic heterocycles. The molecule has 0 N–H and O–H groups in total. The monoisotopic (exact) mass is 376 g/mol. The first-order chi connectivity index (χ1) is 13.8. The Morgan fingerprint density at radius 1 is 1.07 bits per heavy atom. The second kappa shape index (κ2) is 8.21. The van der Waals surface area contributed by atoms with E-state index in [2.05, 4.69) is 26.8 Å². The van der Waals surface area contributed by atoms with Gasteiger partial charge in [0.2, 0.25) is 5.91 Å². The molecule has 1 saturated heterocycles. The van der Waals surface area contributed by atoms with E-state index in [0.717, 1.165) is 36.7 Å². The number of carbonyl (C=O) groups is 1. The van der Waals surface area contributed by atoms with Gasteiger partial charge in [-0.2, -0.15) is 0 Å². The smallest absolute Gasteiger partial charge is 0.230 e. The van der Waals surface area contributed by atoms with Crippen molar-refractivity contribution in [1.29, 1.82) is 0 Å². The number of aromatic nitrogens is 4. The third kappa shape index (κ3) is 3.74. The van der Waals surface area contributed by atoms with Crippen molar-refractivity contribution < 1.29 is 4.79 Å². The minimum absolute atomic E-state index is 0.0698. The largest absolute Gasteiger partial charge is 0.353 e. The molecule has 7 heteroatoms. The fourth-order valence-electron chi connectivity index (χ4n) is 3.66. The molecule has 0 saturated carbocycles. The molecule has 1 aromatic carbocycles. The first-order valence-electron chi connectivity index (χ1n) is 9.65. The summed E-state index contributed by atoms with van der Waals surface area (Å²) in [6.07, 6.45) is 7.69. The van der Waals surface area contributed by atoms with Gasteiger partial charge in [0.1, 0.15) is 24.3 Å². The first-order valence-corrected chi connectivity index (χ1v) is 9.65. The van der Waals surface area contributed by atoms with Crippen LogP contribution in [0.15, 0.2) is 61.4 Å². The Hall–Kier alpha value is -3.22. The topological polar surface area (TPSA) is 67.2 Å². The summed E-state index contributed by atoms with van der Waals surface area (Å²) < 4.78 is 1.86. The molecule has 144 valence electrons. The van der Waals surface area contributed by atoms with Crippen molar-refractivity contribution in [2.45, 2.75) is 19.3 Å². The molecule has 1 atom stereocenters. The molecular weight excluding hydrogens is 352 g/mol. The zero-order valence-corrected chi connectivity index (χ0v) is 16.0. The summed E-state index contributed by atoms with van der Waals surface area (Å²) in [6, 6.07) is 12.0. The molecule has 0 radical (unpaired) electrons. The molecule has 1 fully saturated rings. The Bertz CT molecular complexity index is 904. The number of rotatable bonds is 5. The van der Waals surface area contributed by atoms with Crippen molar-refractivity contribution in [3.05, 3.63) is 67.0 Å². The second-order valence-electron chi connectivity index (χ2n) is 6.89. The fourth-order valence-corrected chi connectivity index (χ4v) is 3.66. The molecule has 3 aromatic rings. The highest BCUT2D eigenvalue weighted by Crippen LogP contribution is 2.23. The zero-order chi connectivity index (χ0) is 19.3. The van der Waals surface area contributed by atoms with E-state index in [-0.39, 0.29) is 11.8 Å². The van der Waals surface area contributed by atoms with Crippen LogP contribution in [-0.4, -0.2) is 56.5 Å². The van der Waals surface area contributed by atoms with Crippen molar-refractivity contribution in [3.8, 4) is 5.82 Å². The van der Waals surface area contributed by atoms with E-state index in [4.69, 9.17) is 0 Å². The maximum Gasteiger partial charge on any atom is 0.230 e. The van der Waals surface area contributed by atoms with Crippen LogP contribution in [0.5, 0.6) is 0 Å². The predicted molar refractivity (Wildman–Crippen MR) is 107 cm³/mol. The minimum atomic E-state index is -0.0698. The quantitative estimate of drug-likeness (QED) is 0.684. The Morgan fingerprint density at radius 2 is 1.82 bits per heavy atom. The number of carbonyl (C=O) groups excluding carboxylic acids is 1. The summed E-state index contributed by atoms with van der Waals surface area (Å²) in [6.45, 7) is 5.00. The molecule has 3 heterocycles. The van der Waals surface area contributed by atoms with Gasteiger partial charge < -0.3 is 9.80 Å². The molecule has 7 nitrogen and oxygen atoms in total. The Labute approximate surface area is 164 Å². The normalized spacial score (nSPS) is 15.5. The summed E-state index contributed by atoms with van der Waals surface area (Å²) in [7, 11) is 0. The number of piperazine rings is 1. The molecule has 28 heavy (non-hydrogen) atoms. The SMILES string of the molecule is CCC(C(=O)N1CCN(c2cc(-n3ccnc3)ncn2)CC1)c1ccccc1. The van der Waals surface area contributed by atoms with Gasteiger partial charge in [-0.15, -0.1) is 0 Å². The van der Waals surface area contributed by atoms with Crippen LogP contribution in [0.4, 0.5) is 5.82 Å². The van der Waals surface area contributed by atoms with E-state index < -0.39 is 0 Å². The van der Waals surface area contributed by atoms with Gasteiger partial charge in [-0.3, -0.25) is 9.36 Å². The van der Waals surface area contributed by atoms with Crippen LogP contribution < -0.4 is 4.90 Å². The van der Waals surface area contributed by atoms with Gasteiger partial charge in [-0.25, -0.2) is 15.0 Å². The molecule has 2 aromatic heterocycles. The highest BCUT2D eigenvalue weighted by Gasteiger charge is 2.28. The summed E-state index contributed by atoms with van der Waals surface area (Å²) in [4.78, 5) is 30.0. The number of hydrogen-bond donors (Lipinski definition) is 0. The van der Waals surface area contributed by atoms with Crippen molar-refractivity contribution in [2.75, 3.05) is 31.1 Å². The van der Waals surface area contributed by atoms with E-state index in [9.17, 15) is 4.79 Å². The molecule has 1 unspecified atom stereocenters. The van der Waals surface area contributed by atoms with Crippen LogP contribution in [0.2, 0.25) is 0 Å². The summed E-state index contributed by atoms with van der Waals surface area (Å²) in [5, 5.41) is 0. The highest BCUT2D eigenvalue weighted by atomic mass is 16.2. The lowest BCUT2D eigenvalue weighted by Gasteiger charge is -2.37. The maximum absolute atomic E-state index is 13.1. The van der Waals surface area contributed by atoms with E-state index in [1.165, 1.54) is 0 Å². The standard InChI is InChI=1S/C21H24N6O/c1-2-18(17-6-4-3-5-7-17)21(28)26-12-10-25(11-13-26)19-14-20(24-15-23-19)27-9-8-22-16-27/h3-9,14-16,18H,2,10-13H2,1H3. The van der Waals surface area contributed by atoms with Crippen molar-refractivity contribution in [1.82, 2.24) is 24.4 Å². The van der Waals surface area contributed by atoms with E-state index in [1.807, 2.05) is 52.1 Å². The molecule has 0 aliphatic carbocycles. The molecule has 0 bridgehead atoms. The number of nitrogens with zero attached hydrogens (tertiary/aromatic N) is 6. The Kier molecular flexibility index (Phi) is 5.32. The summed E-state index contributed by atoms with van der Waals surface area (Å²) in [5.74, 6) is 1.81. The van der Waals surface area contributed by atoms with Gasteiger partial charge in [-0.1, -0.05) is 37.3 Å². The van der Waals surface area contributed by atoms with Gasteiger partial charge in [0.15, 0.2) is 0 Å². The lowest BCUT2D eigenvalue weighted by atomic mass is 9.95. The van der Waals surface area contributed by atoms with Crippen molar-refractivity contribution >= 4 is 11.7 Å². The van der Waals surface area contributed by atoms with Gasteiger partial charge >= 0.3 is 0 Å². The summed E-state index contributed by atoms with van der Waals surface area (Å²) >= 11 is 0. The maximum atomic E-state index is 13.1. The number of hydrogen-bond acceptors (Lipinski definition) is 5. The van der Waals surface area contributed by atoms with Crippen LogP contribution in [-0.2, 0) is 4.79 Å². The van der Waals surface area contributed by atoms with Crippen LogP contribution in [0, 0.1) is 0 Å². The molecule has 4 rings (SSSR count). The lowest BCUT2D eigenvalue weighted by molar-refractivity contribution is -0.133. The second-order valence-corrected chi connectivity index (χ2v) is 6.89. The average molecular weight is 376 g/mol. The van der Waals surface area contributed by atoms with Gasteiger partial charge in [0, 0.05) is 44.6 Å². The van der Waals surface area contributed by atoms with Crippen molar-refractivity contribution in [2.24, 2.45) is 0 Å². The third-order valence-electron chi connectivity index (χ3n) is 5.23. The van der Waals surface area contributed by atoms with Crippen LogP contribution in [0.25, 0.3) is 5.82 Å². The molecular formula is C21H24N6O. The molecule has 1 amide bonds. The zero-order valence-electron chi connectivity index (χ0n) is 16.0. The van der Waals surface area contributed by atoms with Gasteiger partial charge in [-0.05, 0) is 12.0 Å². The number of amides is 1. The van der Waals surface area contributed by atoms with Crippen molar-refractivity contribution in [3.63, 3.8) is 0 Å². The number of anilines is 1. The van der Waals surface area contributed by atoms with E-state index >= 15 is 0 Å². The highest BCUT2D eigenvalue weighted by molar-refractivity contribution is 5.84. The van der Waals surface area contributed by atoms with E-state index in [0.29, 0.717) is 13.1 Å². The lowest BCUT2D eigenvalue weighted by Crippen LogP contribution is -2.50. The van der Waals surface area contributed by atoms with Crippen LogP contribution in [0.3, 0.4) is 0 Å². The van der Waals surface area contributed by atoms with Gasteiger partial charge in [0.25, 0.3) is 0 Å². The number of benzene rings is 1. The summed E-state index contributed by atoms with van der Waals surface area (Å²) in [5.41, 5.74) is 1.10. The van der Waals surface area contributed by atoms with E-state index in [1.54, 1.807) is 18.9 Å². The van der Waals surface area contributed by atoms with Crippen LogP contribution in [0.1, 0.15) is 24.8 Å².